The lowest BCUT2D eigenvalue weighted by molar-refractivity contribution is 0.0929. The topological polar surface area (TPSA) is 62.2 Å². The van der Waals surface area contributed by atoms with Gasteiger partial charge in [-0.1, -0.05) is 30.3 Å². The molecule has 0 bridgehead atoms. The number of rotatable bonds is 5. The van der Waals surface area contributed by atoms with Crippen LogP contribution in [0.2, 0.25) is 0 Å². The van der Waals surface area contributed by atoms with Crippen LogP contribution in [0.3, 0.4) is 0 Å². The average molecular weight is 335 g/mol. The van der Waals surface area contributed by atoms with Crippen molar-refractivity contribution < 1.29 is 9.90 Å². The maximum atomic E-state index is 12.2. The molecule has 0 saturated carbocycles. The van der Waals surface area contributed by atoms with Crippen LogP contribution in [0.25, 0.3) is 0 Å². The first-order chi connectivity index (χ1) is 9.70. The Morgan fingerprint density at radius 1 is 1.25 bits per heavy atom. The number of benzene rings is 1. The van der Waals surface area contributed by atoms with E-state index in [1.54, 1.807) is 12.1 Å². The fraction of sp³-hybridized carbons (Fsp3) is 0.200. The predicted molar refractivity (Wildman–Crippen MR) is 80.3 cm³/mol. The minimum Gasteiger partial charge on any atom is -0.396 e. The SMILES string of the molecule is O=C(NC(CCO)c1ccccc1)c1ccc(Br)nc1. The first-order valence-corrected chi connectivity index (χ1v) is 7.08. The molecule has 0 spiro atoms. The standard InChI is InChI=1S/C15H15BrN2O2/c16-14-7-6-12(10-17-14)15(20)18-13(8-9-19)11-4-2-1-3-5-11/h1-7,10,13,19H,8-9H2,(H,18,20). The molecule has 1 atom stereocenters. The van der Waals surface area contributed by atoms with E-state index in [1.165, 1.54) is 6.20 Å². The Balaban J connectivity index is 2.12. The number of aliphatic hydroxyl groups excluding tert-OH is 1. The molecule has 0 aliphatic heterocycles. The van der Waals surface area contributed by atoms with Crippen molar-refractivity contribution in [2.24, 2.45) is 0 Å². The second-order valence-corrected chi connectivity index (χ2v) is 5.13. The van der Waals surface area contributed by atoms with Crippen molar-refractivity contribution in [3.8, 4) is 0 Å². The van der Waals surface area contributed by atoms with Crippen LogP contribution in [0.4, 0.5) is 0 Å². The molecule has 1 amide bonds. The summed E-state index contributed by atoms with van der Waals surface area (Å²) in [6.45, 7) is 0.0123. The molecule has 1 unspecified atom stereocenters. The summed E-state index contributed by atoms with van der Waals surface area (Å²) in [6.07, 6.45) is 1.99. The number of aliphatic hydroxyl groups is 1. The molecule has 1 aromatic heterocycles. The van der Waals surface area contributed by atoms with Gasteiger partial charge in [-0.25, -0.2) is 4.98 Å². The molecule has 1 heterocycles. The van der Waals surface area contributed by atoms with Crippen molar-refractivity contribution in [1.29, 1.82) is 0 Å². The van der Waals surface area contributed by atoms with E-state index >= 15 is 0 Å². The lowest BCUT2D eigenvalue weighted by atomic mass is 10.0. The molecule has 0 aliphatic carbocycles. The second-order valence-electron chi connectivity index (χ2n) is 4.32. The van der Waals surface area contributed by atoms with Crippen LogP contribution in [-0.2, 0) is 0 Å². The van der Waals surface area contributed by atoms with Gasteiger partial charge in [-0.2, -0.15) is 0 Å². The third-order valence-electron chi connectivity index (χ3n) is 2.91. The van der Waals surface area contributed by atoms with Crippen LogP contribution in [0.15, 0.2) is 53.3 Å². The number of nitrogens with one attached hydrogen (secondary N) is 1. The minimum atomic E-state index is -0.211. The molecule has 104 valence electrons. The number of aromatic nitrogens is 1. The van der Waals surface area contributed by atoms with E-state index in [-0.39, 0.29) is 18.6 Å². The Hall–Kier alpha value is -1.72. The Morgan fingerprint density at radius 2 is 2.00 bits per heavy atom. The number of nitrogens with zero attached hydrogens (tertiary/aromatic N) is 1. The number of halogens is 1. The molecule has 5 heteroatoms. The van der Waals surface area contributed by atoms with E-state index in [9.17, 15) is 4.79 Å². The molecule has 20 heavy (non-hydrogen) atoms. The second kappa shape index (κ2) is 7.17. The van der Waals surface area contributed by atoms with Crippen LogP contribution in [0.1, 0.15) is 28.4 Å². The Labute approximate surface area is 126 Å². The Bertz CT molecular complexity index is 558. The first-order valence-electron chi connectivity index (χ1n) is 6.29. The molecule has 1 aromatic carbocycles. The van der Waals surface area contributed by atoms with Gasteiger partial charge in [0, 0.05) is 12.8 Å². The van der Waals surface area contributed by atoms with Crippen molar-refractivity contribution >= 4 is 21.8 Å². The van der Waals surface area contributed by atoms with Gasteiger partial charge in [-0.3, -0.25) is 4.79 Å². The van der Waals surface area contributed by atoms with Crippen LogP contribution < -0.4 is 5.32 Å². The van der Waals surface area contributed by atoms with Crippen molar-refractivity contribution in [3.05, 3.63) is 64.4 Å². The van der Waals surface area contributed by atoms with Crippen molar-refractivity contribution in [1.82, 2.24) is 10.3 Å². The maximum absolute atomic E-state index is 12.2. The first kappa shape index (κ1) is 14.7. The quantitative estimate of drug-likeness (QED) is 0.826. The van der Waals surface area contributed by atoms with E-state index in [1.807, 2.05) is 30.3 Å². The zero-order valence-electron chi connectivity index (χ0n) is 10.8. The van der Waals surface area contributed by atoms with E-state index in [2.05, 4.69) is 26.2 Å². The minimum absolute atomic E-state index is 0.0123. The monoisotopic (exact) mass is 334 g/mol. The number of hydrogen-bond donors (Lipinski definition) is 2. The lowest BCUT2D eigenvalue weighted by Crippen LogP contribution is -2.29. The van der Waals surface area contributed by atoms with Gasteiger partial charge in [0.1, 0.15) is 4.60 Å². The van der Waals surface area contributed by atoms with Gasteiger partial charge in [0.05, 0.1) is 11.6 Å². The third kappa shape index (κ3) is 3.88. The summed E-state index contributed by atoms with van der Waals surface area (Å²) in [7, 11) is 0. The molecular formula is C15H15BrN2O2. The third-order valence-corrected chi connectivity index (χ3v) is 3.38. The summed E-state index contributed by atoms with van der Waals surface area (Å²) in [6, 6.07) is 12.8. The van der Waals surface area contributed by atoms with Crippen molar-refractivity contribution in [2.75, 3.05) is 6.61 Å². The Morgan fingerprint density at radius 3 is 2.60 bits per heavy atom. The highest BCUT2D eigenvalue weighted by Crippen LogP contribution is 2.17. The van der Waals surface area contributed by atoms with Gasteiger partial charge in [-0.05, 0) is 40.0 Å². The number of hydrogen-bond acceptors (Lipinski definition) is 3. The zero-order chi connectivity index (χ0) is 14.4. The van der Waals surface area contributed by atoms with Gasteiger partial charge < -0.3 is 10.4 Å². The summed E-state index contributed by atoms with van der Waals surface area (Å²) in [5.41, 5.74) is 1.46. The van der Waals surface area contributed by atoms with Crippen LogP contribution in [-0.4, -0.2) is 22.6 Å². The largest absolute Gasteiger partial charge is 0.396 e. The summed E-state index contributed by atoms with van der Waals surface area (Å²) < 4.78 is 0.684. The molecular weight excluding hydrogens is 320 g/mol. The van der Waals surface area contributed by atoms with Crippen LogP contribution in [0.5, 0.6) is 0 Å². The van der Waals surface area contributed by atoms with Gasteiger partial charge in [-0.15, -0.1) is 0 Å². The zero-order valence-corrected chi connectivity index (χ0v) is 12.4. The summed E-state index contributed by atoms with van der Waals surface area (Å²) in [5, 5.41) is 12.1. The average Bonchev–Trinajstić information content (AvgIpc) is 2.48. The van der Waals surface area contributed by atoms with Gasteiger partial charge >= 0.3 is 0 Å². The molecule has 0 aliphatic rings. The molecule has 4 nitrogen and oxygen atoms in total. The van der Waals surface area contributed by atoms with E-state index in [0.717, 1.165) is 5.56 Å². The molecule has 2 N–H and O–H groups in total. The smallest absolute Gasteiger partial charge is 0.253 e. The summed E-state index contributed by atoms with van der Waals surface area (Å²) in [4.78, 5) is 16.2. The van der Waals surface area contributed by atoms with Gasteiger partial charge in [0.15, 0.2) is 0 Å². The molecule has 0 radical (unpaired) electrons. The van der Waals surface area contributed by atoms with Crippen LogP contribution >= 0.6 is 15.9 Å². The van der Waals surface area contributed by atoms with Gasteiger partial charge in [0.2, 0.25) is 0 Å². The fourth-order valence-corrected chi connectivity index (χ4v) is 2.12. The molecule has 2 rings (SSSR count). The van der Waals surface area contributed by atoms with E-state index in [4.69, 9.17) is 5.11 Å². The van der Waals surface area contributed by atoms with Gasteiger partial charge in [0.25, 0.3) is 5.91 Å². The number of carbonyl (C=O) groups is 1. The molecule has 0 saturated heterocycles. The summed E-state index contributed by atoms with van der Waals surface area (Å²) >= 11 is 3.23. The number of pyridine rings is 1. The van der Waals surface area contributed by atoms with Crippen molar-refractivity contribution in [3.63, 3.8) is 0 Å². The Kier molecular flexibility index (Phi) is 5.26. The highest BCUT2D eigenvalue weighted by Gasteiger charge is 2.15. The number of amides is 1. The fourth-order valence-electron chi connectivity index (χ4n) is 1.89. The summed E-state index contributed by atoms with van der Waals surface area (Å²) in [5.74, 6) is -0.202. The lowest BCUT2D eigenvalue weighted by Gasteiger charge is -2.18. The normalized spacial score (nSPS) is 11.9. The van der Waals surface area contributed by atoms with Crippen molar-refractivity contribution in [2.45, 2.75) is 12.5 Å². The maximum Gasteiger partial charge on any atom is 0.253 e. The highest BCUT2D eigenvalue weighted by atomic mass is 79.9. The van der Waals surface area contributed by atoms with E-state index in [0.29, 0.717) is 16.6 Å². The predicted octanol–water partition coefficient (Wildman–Crippen LogP) is 2.70. The highest BCUT2D eigenvalue weighted by molar-refractivity contribution is 9.10. The molecule has 0 fully saturated rings. The molecule has 2 aromatic rings. The van der Waals surface area contributed by atoms with Crippen LogP contribution in [0, 0.1) is 0 Å². The van der Waals surface area contributed by atoms with E-state index < -0.39 is 0 Å². The number of carbonyl (C=O) groups excluding carboxylic acids is 1.